The van der Waals surface area contributed by atoms with Crippen LogP contribution in [0.5, 0.6) is 0 Å². The summed E-state index contributed by atoms with van der Waals surface area (Å²) in [6, 6.07) is 18.3. The zero-order chi connectivity index (χ0) is 16.2. The number of hydrogen-bond donors (Lipinski definition) is 1. The highest BCUT2D eigenvalue weighted by atomic mass is 32.2. The average Bonchev–Trinajstić information content (AvgIpc) is 2.65. The lowest BCUT2D eigenvalue weighted by Gasteiger charge is -2.33. The molecule has 0 atom stereocenters. The van der Waals surface area contributed by atoms with Crippen molar-refractivity contribution in [3.8, 4) is 0 Å². The van der Waals surface area contributed by atoms with Gasteiger partial charge in [0.05, 0.1) is 11.4 Å². The van der Waals surface area contributed by atoms with Gasteiger partial charge in [0.1, 0.15) is 0 Å². The minimum Gasteiger partial charge on any atom is -0.340 e. The van der Waals surface area contributed by atoms with Crippen LogP contribution in [0.3, 0.4) is 0 Å². The first-order valence-corrected chi connectivity index (χ1v) is 10.1. The second-order valence-electron chi connectivity index (χ2n) is 6.83. The summed E-state index contributed by atoms with van der Waals surface area (Å²) in [7, 11) is 0. The van der Waals surface area contributed by atoms with Crippen LogP contribution >= 0.6 is 11.8 Å². The first-order valence-electron chi connectivity index (χ1n) is 9.29. The van der Waals surface area contributed by atoms with E-state index < -0.39 is 0 Å². The van der Waals surface area contributed by atoms with Gasteiger partial charge in [-0.3, -0.25) is 0 Å². The van der Waals surface area contributed by atoms with Gasteiger partial charge in [-0.25, -0.2) is 0 Å². The molecule has 1 aliphatic heterocycles. The van der Waals surface area contributed by atoms with Crippen molar-refractivity contribution in [3.05, 3.63) is 48.5 Å². The van der Waals surface area contributed by atoms with E-state index in [0.717, 1.165) is 19.1 Å². The number of anilines is 2. The highest BCUT2D eigenvalue weighted by Gasteiger charge is 2.22. The van der Waals surface area contributed by atoms with E-state index in [-0.39, 0.29) is 0 Å². The van der Waals surface area contributed by atoms with Crippen LogP contribution in [0.25, 0.3) is 0 Å². The van der Waals surface area contributed by atoms with Crippen molar-refractivity contribution in [1.29, 1.82) is 0 Å². The molecule has 1 fully saturated rings. The fourth-order valence-electron chi connectivity index (χ4n) is 3.87. The minimum atomic E-state index is 0.759. The third kappa shape index (κ3) is 3.47. The van der Waals surface area contributed by atoms with Crippen LogP contribution in [-0.2, 0) is 0 Å². The monoisotopic (exact) mass is 338 g/mol. The van der Waals surface area contributed by atoms with Crippen molar-refractivity contribution in [1.82, 2.24) is 5.32 Å². The first kappa shape index (κ1) is 16.0. The summed E-state index contributed by atoms with van der Waals surface area (Å²) in [5.74, 6) is 0. The van der Waals surface area contributed by atoms with Crippen molar-refractivity contribution in [3.63, 3.8) is 0 Å². The maximum absolute atomic E-state index is 3.78. The maximum Gasteiger partial charge on any atom is 0.0552 e. The van der Waals surface area contributed by atoms with Gasteiger partial charge in [-0.05, 0) is 50.1 Å². The summed E-state index contributed by atoms with van der Waals surface area (Å²) < 4.78 is 0. The van der Waals surface area contributed by atoms with Crippen LogP contribution in [0.15, 0.2) is 58.3 Å². The molecule has 4 rings (SSSR count). The maximum atomic E-state index is 3.78. The van der Waals surface area contributed by atoms with Gasteiger partial charge in [0.25, 0.3) is 0 Å². The molecule has 0 saturated heterocycles. The third-order valence-electron chi connectivity index (χ3n) is 5.13. The van der Waals surface area contributed by atoms with Gasteiger partial charge < -0.3 is 10.2 Å². The molecular formula is C21H26N2S. The largest absolute Gasteiger partial charge is 0.340 e. The van der Waals surface area contributed by atoms with Gasteiger partial charge >= 0.3 is 0 Å². The predicted molar refractivity (Wildman–Crippen MR) is 104 cm³/mol. The Labute approximate surface area is 149 Å². The van der Waals surface area contributed by atoms with Gasteiger partial charge in [0, 0.05) is 22.4 Å². The van der Waals surface area contributed by atoms with E-state index in [0.29, 0.717) is 0 Å². The van der Waals surface area contributed by atoms with Crippen LogP contribution in [0.1, 0.15) is 38.5 Å². The number of nitrogens with one attached hydrogen (secondary N) is 1. The second-order valence-corrected chi connectivity index (χ2v) is 7.92. The molecule has 1 saturated carbocycles. The Bertz CT molecular complexity index is 634. The Balaban J connectivity index is 1.42. The quantitative estimate of drug-likeness (QED) is 0.714. The summed E-state index contributed by atoms with van der Waals surface area (Å²) in [6.07, 6.45) is 8.16. The van der Waals surface area contributed by atoms with Crippen LogP contribution < -0.4 is 10.2 Å². The Morgan fingerprint density at radius 2 is 1.50 bits per heavy atom. The molecule has 0 unspecified atom stereocenters. The molecular weight excluding hydrogens is 312 g/mol. The lowest BCUT2D eigenvalue weighted by molar-refractivity contribution is 0.373. The summed E-state index contributed by atoms with van der Waals surface area (Å²) in [6.45, 7) is 2.20. The molecule has 2 aliphatic rings. The number of para-hydroxylation sites is 2. The van der Waals surface area contributed by atoms with Crippen LogP contribution in [-0.4, -0.2) is 19.1 Å². The van der Waals surface area contributed by atoms with Gasteiger partial charge in [-0.2, -0.15) is 0 Å². The predicted octanol–water partition coefficient (Wildman–Crippen LogP) is 5.60. The van der Waals surface area contributed by atoms with Crippen LogP contribution in [0, 0.1) is 0 Å². The zero-order valence-electron chi connectivity index (χ0n) is 14.2. The normalized spacial score (nSPS) is 17.4. The molecule has 1 aliphatic carbocycles. The molecule has 3 heteroatoms. The molecule has 0 bridgehead atoms. The molecule has 2 aromatic carbocycles. The molecule has 24 heavy (non-hydrogen) atoms. The van der Waals surface area contributed by atoms with Crippen molar-refractivity contribution < 1.29 is 0 Å². The van der Waals surface area contributed by atoms with Gasteiger partial charge in [-0.15, -0.1) is 0 Å². The highest BCUT2D eigenvalue weighted by molar-refractivity contribution is 7.99. The molecule has 0 spiro atoms. The summed E-state index contributed by atoms with van der Waals surface area (Å²) >= 11 is 1.89. The number of fused-ring (bicyclic) bond motifs is 2. The van der Waals surface area contributed by atoms with Crippen molar-refractivity contribution >= 4 is 23.1 Å². The fourth-order valence-corrected chi connectivity index (χ4v) is 4.97. The molecule has 126 valence electrons. The Hall–Kier alpha value is -1.45. The smallest absolute Gasteiger partial charge is 0.0552 e. The fraction of sp³-hybridized carbons (Fsp3) is 0.429. The Morgan fingerprint density at radius 1 is 0.875 bits per heavy atom. The molecule has 0 radical (unpaired) electrons. The molecule has 1 heterocycles. The van der Waals surface area contributed by atoms with Crippen molar-refractivity contribution in [2.24, 2.45) is 0 Å². The lowest BCUT2D eigenvalue weighted by Crippen LogP contribution is -2.33. The number of hydrogen-bond acceptors (Lipinski definition) is 3. The topological polar surface area (TPSA) is 15.3 Å². The van der Waals surface area contributed by atoms with Crippen LogP contribution in [0.2, 0.25) is 0 Å². The van der Waals surface area contributed by atoms with Crippen LogP contribution in [0.4, 0.5) is 11.4 Å². The lowest BCUT2D eigenvalue weighted by atomic mass is 9.95. The Morgan fingerprint density at radius 3 is 2.17 bits per heavy atom. The van der Waals surface area contributed by atoms with E-state index in [2.05, 4.69) is 58.7 Å². The summed E-state index contributed by atoms with van der Waals surface area (Å²) in [4.78, 5) is 5.25. The van der Waals surface area contributed by atoms with E-state index in [1.807, 2.05) is 11.8 Å². The van der Waals surface area contributed by atoms with Gasteiger partial charge in [0.15, 0.2) is 0 Å². The molecule has 0 amide bonds. The SMILES string of the molecule is c1ccc2c(c1)Sc1ccccc1N2CCCNC1CCCCC1. The third-order valence-corrected chi connectivity index (χ3v) is 6.26. The van der Waals surface area contributed by atoms with Crippen molar-refractivity contribution in [2.45, 2.75) is 54.4 Å². The molecule has 0 aromatic heterocycles. The Kier molecular flexibility index (Phi) is 5.10. The zero-order valence-corrected chi connectivity index (χ0v) is 15.0. The molecule has 1 N–H and O–H groups in total. The highest BCUT2D eigenvalue weighted by Crippen LogP contribution is 2.47. The van der Waals surface area contributed by atoms with Gasteiger partial charge in [0.2, 0.25) is 0 Å². The standard InChI is InChI=1S/C21H26N2S/c1-2-9-17(10-3-1)22-15-8-16-23-18-11-4-6-13-20(18)24-21-14-7-5-12-19(21)23/h4-7,11-14,17,22H,1-3,8-10,15-16H2. The van der Waals surface area contributed by atoms with E-state index in [9.17, 15) is 0 Å². The molecule has 2 nitrogen and oxygen atoms in total. The summed E-state index contributed by atoms with van der Waals surface area (Å²) in [5, 5.41) is 3.78. The summed E-state index contributed by atoms with van der Waals surface area (Å²) in [5.41, 5.74) is 2.72. The second kappa shape index (κ2) is 7.62. The first-order chi connectivity index (χ1) is 11.9. The molecule has 2 aromatic rings. The minimum absolute atomic E-state index is 0.759. The van der Waals surface area contributed by atoms with E-state index in [4.69, 9.17) is 0 Å². The van der Waals surface area contributed by atoms with E-state index in [1.165, 1.54) is 59.7 Å². The van der Waals surface area contributed by atoms with Crippen molar-refractivity contribution in [2.75, 3.05) is 18.0 Å². The average molecular weight is 339 g/mol. The number of rotatable bonds is 5. The number of nitrogens with zero attached hydrogens (tertiary/aromatic N) is 1. The van der Waals surface area contributed by atoms with Gasteiger partial charge in [-0.1, -0.05) is 55.3 Å². The van der Waals surface area contributed by atoms with E-state index in [1.54, 1.807) is 0 Å². The number of benzene rings is 2. The van der Waals surface area contributed by atoms with E-state index >= 15 is 0 Å².